The summed E-state index contributed by atoms with van der Waals surface area (Å²) in [4.78, 5) is 21.7. The van der Waals surface area contributed by atoms with E-state index in [4.69, 9.17) is 4.74 Å². The molecule has 0 bridgehead atoms. The van der Waals surface area contributed by atoms with Gasteiger partial charge in [0.2, 0.25) is 0 Å². The minimum absolute atomic E-state index is 0.0963. The third-order valence-electron chi connectivity index (χ3n) is 6.90. The summed E-state index contributed by atoms with van der Waals surface area (Å²) in [7, 11) is 1.63. The number of piperazine rings is 1. The molecule has 0 unspecified atom stereocenters. The van der Waals surface area contributed by atoms with Crippen molar-refractivity contribution in [2.45, 2.75) is 19.5 Å². The SMILES string of the molecule is COc1ccc2[nH]c(C)c(CN3CCN(C(c4ccccc4)c4ccccc4)CC3)c(=O)c2c1. The van der Waals surface area contributed by atoms with E-state index in [2.05, 4.69) is 75.4 Å². The summed E-state index contributed by atoms with van der Waals surface area (Å²) in [5.41, 5.74) is 5.37. The van der Waals surface area contributed by atoms with Crippen LogP contribution in [0.5, 0.6) is 5.75 Å². The molecule has 5 heteroatoms. The second kappa shape index (κ2) is 9.84. The van der Waals surface area contributed by atoms with Crippen LogP contribution in [0.3, 0.4) is 0 Å². The molecule has 0 amide bonds. The van der Waals surface area contributed by atoms with E-state index in [1.165, 1.54) is 11.1 Å². The van der Waals surface area contributed by atoms with Crippen LogP contribution in [0, 0.1) is 6.92 Å². The Balaban J connectivity index is 1.35. The molecule has 1 saturated heterocycles. The molecule has 5 rings (SSSR count). The lowest BCUT2D eigenvalue weighted by Gasteiger charge is -2.40. The Bertz CT molecular complexity index is 1270. The predicted octanol–water partition coefficient (Wildman–Crippen LogP) is 4.75. The maximum absolute atomic E-state index is 13.3. The second-order valence-corrected chi connectivity index (χ2v) is 9.01. The summed E-state index contributed by atoms with van der Waals surface area (Å²) in [6.07, 6.45) is 0. The highest BCUT2D eigenvalue weighted by Gasteiger charge is 2.27. The monoisotopic (exact) mass is 453 g/mol. The van der Waals surface area contributed by atoms with Gasteiger partial charge < -0.3 is 9.72 Å². The van der Waals surface area contributed by atoms with Crippen molar-refractivity contribution >= 4 is 10.9 Å². The molecule has 1 aliphatic rings. The standard InChI is InChI=1S/C29H31N3O2/c1-21-26(29(33)25-19-24(34-2)13-14-27(25)30-21)20-31-15-17-32(18-16-31)28(22-9-5-3-6-10-22)23-11-7-4-8-12-23/h3-14,19,28H,15-18,20H2,1-2H3,(H,30,33). The number of aryl methyl sites for hydroxylation is 1. The first kappa shape index (κ1) is 22.4. The molecule has 1 aliphatic heterocycles. The van der Waals surface area contributed by atoms with Gasteiger partial charge in [0, 0.05) is 54.9 Å². The smallest absolute Gasteiger partial charge is 0.194 e. The summed E-state index contributed by atoms with van der Waals surface area (Å²) >= 11 is 0. The summed E-state index contributed by atoms with van der Waals surface area (Å²) in [5.74, 6) is 0.703. The number of methoxy groups -OCH3 is 1. The highest BCUT2D eigenvalue weighted by atomic mass is 16.5. The van der Waals surface area contributed by atoms with Gasteiger partial charge in [-0.3, -0.25) is 14.6 Å². The van der Waals surface area contributed by atoms with Crippen LogP contribution in [0.1, 0.15) is 28.4 Å². The van der Waals surface area contributed by atoms with Crippen LogP contribution in [0.4, 0.5) is 0 Å². The Hall–Kier alpha value is -3.41. The number of rotatable bonds is 6. The molecule has 3 aromatic carbocycles. The zero-order valence-corrected chi connectivity index (χ0v) is 19.8. The van der Waals surface area contributed by atoms with Crippen molar-refractivity contribution in [3.63, 3.8) is 0 Å². The number of aromatic nitrogens is 1. The number of nitrogens with zero attached hydrogens (tertiary/aromatic N) is 2. The number of nitrogens with one attached hydrogen (secondary N) is 1. The molecule has 0 radical (unpaired) electrons. The lowest BCUT2D eigenvalue weighted by molar-refractivity contribution is 0.104. The molecule has 1 fully saturated rings. The van der Waals surface area contributed by atoms with E-state index in [0.717, 1.165) is 43.0 Å². The number of hydrogen-bond acceptors (Lipinski definition) is 4. The van der Waals surface area contributed by atoms with E-state index < -0.39 is 0 Å². The fraction of sp³-hybridized carbons (Fsp3) is 0.276. The zero-order valence-electron chi connectivity index (χ0n) is 19.8. The van der Waals surface area contributed by atoms with Crippen molar-refractivity contribution < 1.29 is 4.74 Å². The van der Waals surface area contributed by atoms with Crippen LogP contribution in [0.25, 0.3) is 10.9 Å². The van der Waals surface area contributed by atoms with Crippen molar-refractivity contribution in [2.75, 3.05) is 33.3 Å². The Kier molecular flexibility index (Phi) is 6.48. The van der Waals surface area contributed by atoms with Crippen molar-refractivity contribution in [2.24, 2.45) is 0 Å². The lowest BCUT2D eigenvalue weighted by Crippen LogP contribution is -2.47. The third kappa shape index (κ3) is 4.49. The Morgan fingerprint density at radius 1 is 0.882 bits per heavy atom. The normalized spacial score (nSPS) is 15.1. The Morgan fingerprint density at radius 3 is 2.09 bits per heavy atom. The molecular weight excluding hydrogens is 422 g/mol. The number of pyridine rings is 1. The van der Waals surface area contributed by atoms with Crippen molar-refractivity contribution in [1.82, 2.24) is 14.8 Å². The Morgan fingerprint density at radius 2 is 1.50 bits per heavy atom. The molecule has 1 N–H and O–H groups in total. The largest absolute Gasteiger partial charge is 0.497 e. The van der Waals surface area contributed by atoms with Crippen molar-refractivity contribution in [3.8, 4) is 5.75 Å². The summed E-state index contributed by atoms with van der Waals surface area (Å²) < 4.78 is 5.34. The first-order chi connectivity index (χ1) is 16.6. The van der Waals surface area contributed by atoms with E-state index in [-0.39, 0.29) is 11.5 Å². The number of fused-ring (bicyclic) bond motifs is 1. The number of H-pyrrole nitrogens is 1. The number of benzene rings is 3. The van der Waals surface area contributed by atoms with Gasteiger partial charge in [-0.25, -0.2) is 0 Å². The lowest BCUT2D eigenvalue weighted by atomic mass is 9.96. The van der Waals surface area contributed by atoms with E-state index in [0.29, 0.717) is 17.7 Å². The molecule has 0 spiro atoms. The van der Waals surface area contributed by atoms with E-state index in [9.17, 15) is 4.79 Å². The maximum atomic E-state index is 13.3. The molecule has 0 saturated carbocycles. The summed E-state index contributed by atoms with van der Waals surface area (Å²) in [5, 5.41) is 0.687. The summed E-state index contributed by atoms with van der Waals surface area (Å²) in [6.45, 7) is 6.40. The van der Waals surface area contributed by atoms with Gasteiger partial charge >= 0.3 is 0 Å². The van der Waals surface area contributed by atoms with E-state index in [1.807, 2.05) is 25.1 Å². The highest BCUT2D eigenvalue weighted by molar-refractivity contribution is 5.81. The average molecular weight is 454 g/mol. The first-order valence-electron chi connectivity index (χ1n) is 11.9. The molecule has 5 nitrogen and oxygen atoms in total. The number of aromatic amines is 1. The number of ether oxygens (including phenoxy) is 1. The zero-order chi connectivity index (χ0) is 23.5. The average Bonchev–Trinajstić information content (AvgIpc) is 2.89. The van der Waals surface area contributed by atoms with Gasteiger partial charge in [-0.2, -0.15) is 0 Å². The minimum atomic E-state index is 0.0963. The fourth-order valence-electron chi connectivity index (χ4n) is 5.04. The highest BCUT2D eigenvalue weighted by Crippen LogP contribution is 2.29. The second-order valence-electron chi connectivity index (χ2n) is 9.01. The predicted molar refractivity (Wildman–Crippen MR) is 137 cm³/mol. The minimum Gasteiger partial charge on any atom is -0.497 e. The van der Waals surface area contributed by atoms with Crippen molar-refractivity contribution in [3.05, 3.63) is 111 Å². The topological polar surface area (TPSA) is 48.6 Å². The molecule has 174 valence electrons. The quantitative estimate of drug-likeness (QED) is 0.458. The first-order valence-corrected chi connectivity index (χ1v) is 11.9. The van der Waals surface area contributed by atoms with Crippen molar-refractivity contribution in [1.29, 1.82) is 0 Å². The van der Waals surface area contributed by atoms with Gasteiger partial charge in [-0.05, 0) is 36.2 Å². The molecule has 1 aromatic heterocycles. The Labute approximate surface area is 200 Å². The molecule has 4 aromatic rings. The molecular formula is C29H31N3O2. The maximum Gasteiger partial charge on any atom is 0.194 e. The van der Waals surface area contributed by atoms with Gasteiger partial charge in [-0.1, -0.05) is 60.7 Å². The fourth-order valence-corrected chi connectivity index (χ4v) is 5.04. The van der Waals surface area contributed by atoms with Crippen LogP contribution in [-0.4, -0.2) is 48.1 Å². The van der Waals surface area contributed by atoms with Gasteiger partial charge in [0.1, 0.15) is 5.75 Å². The van der Waals surface area contributed by atoms with Gasteiger partial charge in [0.05, 0.1) is 13.2 Å². The third-order valence-corrected chi connectivity index (χ3v) is 6.90. The van der Waals surface area contributed by atoms with E-state index in [1.54, 1.807) is 7.11 Å². The van der Waals surface area contributed by atoms with Crippen LogP contribution in [0.15, 0.2) is 83.7 Å². The van der Waals surface area contributed by atoms with Gasteiger partial charge in [0.15, 0.2) is 5.43 Å². The molecule has 34 heavy (non-hydrogen) atoms. The van der Waals surface area contributed by atoms with Crippen LogP contribution < -0.4 is 10.2 Å². The van der Waals surface area contributed by atoms with E-state index >= 15 is 0 Å². The van der Waals surface area contributed by atoms with Crippen LogP contribution in [0.2, 0.25) is 0 Å². The summed E-state index contributed by atoms with van der Waals surface area (Å²) in [6, 6.07) is 27.4. The molecule has 0 atom stereocenters. The number of hydrogen-bond donors (Lipinski definition) is 1. The molecule has 0 aliphatic carbocycles. The van der Waals surface area contributed by atoms with Gasteiger partial charge in [0.25, 0.3) is 0 Å². The van der Waals surface area contributed by atoms with Crippen LogP contribution in [-0.2, 0) is 6.54 Å². The van der Waals surface area contributed by atoms with Gasteiger partial charge in [-0.15, -0.1) is 0 Å². The van der Waals surface area contributed by atoms with Crippen LogP contribution >= 0.6 is 0 Å². The molecule has 2 heterocycles.